The minimum absolute atomic E-state index is 0.430. The molecule has 1 heteroatoms. The summed E-state index contributed by atoms with van der Waals surface area (Å²) in [6, 6.07) is 9.56. The SMILES string of the molecule is C=C=CCC(O)c1ccccc1. The lowest BCUT2D eigenvalue weighted by atomic mass is 10.1. The second-order valence-corrected chi connectivity index (χ2v) is 2.57. The first-order chi connectivity index (χ1) is 5.84. The van der Waals surface area contributed by atoms with Crippen LogP contribution in [-0.4, -0.2) is 5.11 Å². The lowest BCUT2D eigenvalue weighted by Gasteiger charge is -2.06. The standard InChI is InChI=1S/C11H12O/c1-2-3-9-11(12)10-7-5-4-6-8-10/h3-8,11-12H,1,9H2. The lowest BCUT2D eigenvalue weighted by Crippen LogP contribution is -1.93. The van der Waals surface area contributed by atoms with E-state index in [0.717, 1.165) is 5.56 Å². The Morgan fingerprint density at radius 1 is 1.42 bits per heavy atom. The minimum Gasteiger partial charge on any atom is -0.388 e. The number of aliphatic hydroxyl groups is 1. The molecule has 62 valence electrons. The van der Waals surface area contributed by atoms with Crippen LogP contribution in [0.25, 0.3) is 0 Å². The molecule has 1 unspecified atom stereocenters. The van der Waals surface area contributed by atoms with Gasteiger partial charge in [0.25, 0.3) is 0 Å². The molecule has 0 amide bonds. The molecule has 1 rings (SSSR count). The predicted molar refractivity (Wildman–Crippen MR) is 49.7 cm³/mol. The molecule has 0 aliphatic carbocycles. The Morgan fingerprint density at radius 3 is 2.67 bits per heavy atom. The second-order valence-electron chi connectivity index (χ2n) is 2.57. The quantitative estimate of drug-likeness (QED) is 0.673. The highest BCUT2D eigenvalue weighted by Gasteiger charge is 2.02. The number of aliphatic hydroxyl groups excluding tert-OH is 1. The van der Waals surface area contributed by atoms with Crippen molar-refractivity contribution in [3.8, 4) is 0 Å². The molecule has 12 heavy (non-hydrogen) atoms. The third-order valence-electron chi connectivity index (χ3n) is 1.67. The molecule has 0 saturated carbocycles. The maximum absolute atomic E-state index is 9.55. The summed E-state index contributed by atoms with van der Waals surface area (Å²) in [6.07, 6.45) is 1.88. The van der Waals surface area contributed by atoms with Crippen LogP contribution < -0.4 is 0 Å². The van der Waals surface area contributed by atoms with Gasteiger partial charge in [0.1, 0.15) is 0 Å². The average molecular weight is 160 g/mol. The van der Waals surface area contributed by atoms with Crippen molar-refractivity contribution in [3.63, 3.8) is 0 Å². The first-order valence-corrected chi connectivity index (χ1v) is 3.92. The van der Waals surface area contributed by atoms with Crippen molar-refractivity contribution in [2.75, 3.05) is 0 Å². The summed E-state index contributed by atoms with van der Waals surface area (Å²) < 4.78 is 0. The van der Waals surface area contributed by atoms with Crippen molar-refractivity contribution in [2.24, 2.45) is 0 Å². The van der Waals surface area contributed by atoms with E-state index in [1.807, 2.05) is 30.3 Å². The molecular formula is C11H12O. The lowest BCUT2D eigenvalue weighted by molar-refractivity contribution is 0.181. The zero-order chi connectivity index (χ0) is 8.81. The van der Waals surface area contributed by atoms with E-state index in [0.29, 0.717) is 6.42 Å². The molecule has 1 atom stereocenters. The van der Waals surface area contributed by atoms with Gasteiger partial charge in [-0.25, -0.2) is 0 Å². The van der Waals surface area contributed by atoms with Gasteiger partial charge >= 0.3 is 0 Å². The third kappa shape index (κ3) is 2.39. The van der Waals surface area contributed by atoms with Gasteiger partial charge in [-0.3, -0.25) is 0 Å². The van der Waals surface area contributed by atoms with Gasteiger partial charge in [-0.2, -0.15) is 0 Å². The number of rotatable bonds is 3. The summed E-state index contributed by atoms with van der Waals surface area (Å²) in [5, 5.41) is 9.55. The molecule has 0 aliphatic rings. The third-order valence-corrected chi connectivity index (χ3v) is 1.67. The Morgan fingerprint density at radius 2 is 2.08 bits per heavy atom. The van der Waals surface area contributed by atoms with Gasteiger partial charge in [-0.15, -0.1) is 5.73 Å². The van der Waals surface area contributed by atoms with Gasteiger partial charge in [0.15, 0.2) is 0 Å². The molecule has 0 fully saturated rings. The maximum Gasteiger partial charge on any atom is 0.0830 e. The predicted octanol–water partition coefficient (Wildman–Crippen LogP) is 2.45. The van der Waals surface area contributed by atoms with Crippen LogP contribution in [0.4, 0.5) is 0 Å². The summed E-state index contributed by atoms with van der Waals surface area (Å²) >= 11 is 0. The number of benzene rings is 1. The van der Waals surface area contributed by atoms with E-state index in [-0.39, 0.29) is 0 Å². The average Bonchev–Trinajstić information content (AvgIpc) is 2.15. The summed E-state index contributed by atoms with van der Waals surface area (Å²) in [5.74, 6) is 0. The Kier molecular flexibility index (Phi) is 3.34. The van der Waals surface area contributed by atoms with Crippen LogP contribution in [0, 0.1) is 0 Å². The first-order valence-electron chi connectivity index (χ1n) is 3.92. The molecule has 1 N–H and O–H groups in total. The molecule has 0 spiro atoms. The van der Waals surface area contributed by atoms with E-state index in [9.17, 15) is 5.11 Å². The fourth-order valence-corrected chi connectivity index (χ4v) is 1.01. The highest BCUT2D eigenvalue weighted by molar-refractivity contribution is 5.17. The first kappa shape index (κ1) is 8.79. The van der Waals surface area contributed by atoms with E-state index >= 15 is 0 Å². The van der Waals surface area contributed by atoms with Gasteiger partial charge in [-0.05, 0) is 11.6 Å². The second kappa shape index (κ2) is 4.55. The Hall–Kier alpha value is -1.30. The van der Waals surface area contributed by atoms with E-state index < -0.39 is 6.10 Å². The molecule has 0 heterocycles. The van der Waals surface area contributed by atoms with Crippen LogP contribution in [0.2, 0.25) is 0 Å². The summed E-state index contributed by atoms with van der Waals surface area (Å²) in [6.45, 7) is 3.43. The molecule has 0 aliphatic heterocycles. The maximum atomic E-state index is 9.55. The van der Waals surface area contributed by atoms with Crippen LogP contribution in [-0.2, 0) is 0 Å². The van der Waals surface area contributed by atoms with Gasteiger partial charge < -0.3 is 5.11 Å². The van der Waals surface area contributed by atoms with E-state index in [4.69, 9.17) is 0 Å². The van der Waals surface area contributed by atoms with E-state index in [1.165, 1.54) is 0 Å². The summed E-state index contributed by atoms with van der Waals surface area (Å²) in [4.78, 5) is 0. The van der Waals surface area contributed by atoms with Gasteiger partial charge in [-0.1, -0.05) is 36.9 Å². The topological polar surface area (TPSA) is 20.2 Å². The molecule has 0 aromatic heterocycles. The smallest absolute Gasteiger partial charge is 0.0830 e. The van der Waals surface area contributed by atoms with Crippen molar-refractivity contribution in [3.05, 3.63) is 54.3 Å². The molecule has 0 radical (unpaired) electrons. The molecule has 1 aromatic rings. The fraction of sp³-hybridized carbons (Fsp3) is 0.182. The number of hydrogen-bond donors (Lipinski definition) is 1. The van der Waals surface area contributed by atoms with Crippen molar-refractivity contribution in [2.45, 2.75) is 12.5 Å². The van der Waals surface area contributed by atoms with Crippen LogP contribution in [0.3, 0.4) is 0 Å². The Labute approximate surface area is 72.7 Å². The number of hydrogen-bond acceptors (Lipinski definition) is 1. The van der Waals surface area contributed by atoms with Crippen molar-refractivity contribution in [1.82, 2.24) is 0 Å². The zero-order valence-electron chi connectivity index (χ0n) is 6.90. The normalized spacial score (nSPS) is 11.8. The minimum atomic E-state index is -0.430. The molecular weight excluding hydrogens is 148 g/mol. The highest BCUT2D eigenvalue weighted by Crippen LogP contribution is 2.15. The summed E-state index contributed by atoms with van der Waals surface area (Å²) in [5.41, 5.74) is 3.57. The largest absolute Gasteiger partial charge is 0.388 e. The molecule has 1 nitrogen and oxygen atoms in total. The molecule has 1 aromatic carbocycles. The van der Waals surface area contributed by atoms with E-state index in [2.05, 4.69) is 12.3 Å². The van der Waals surface area contributed by atoms with Crippen molar-refractivity contribution < 1.29 is 5.11 Å². The fourth-order valence-electron chi connectivity index (χ4n) is 1.01. The Bertz CT molecular complexity index is 270. The van der Waals surface area contributed by atoms with Crippen LogP contribution in [0.15, 0.2) is 48.7 Å². The van der Waals surface area contributed by atoms with Gasteiger partial charge in [0.2, 0.25) is 0 Å². The Balaban J connectivity index is 2.65. The van der Waals surface area contributed by atoms with Crippen molar-refractivity contribution in [1.29, 1.82) is 0 Å². The molecule has 0 bridgehead atoms. The van der Waals surface area contributed by atoms with Crippen molar-refractivity contribution >= 4 is 0 Å². The van der Waals surface area contributed by atoms with Crippen LogP contribution >= 0.6 is 0 Å². The van der Waals surface area contributed by atoms with Crippen LogP contribution in [0.1, 0.15) is 18.1 Å². The van der Waals surface area contributed by atoms with Gasteiger partial charge in [0, 0.05) is 6.42 Å². The zero-order valence-corrected chi connectivity index (χ0v) is 6.90. The van der Waals surface area contributed by atoms with E-state index in [1.54, 1.807) is 6.08 Å². The highest BCUT2D eigenvalue weighted by atomic mass is 16.3. The monoisotopic (exact) mass is 160 g/mol. The van der Waals surface area contributed by atoms with Gasteiger partial charge in [0.05, 0.1) is 6.10 Å². The summed E-state index contributed by atoms with van der Waals surface area (Å²) in [7, 11) is 0. The molecule has 0 saturated heterocycles. The van der Waals surface area contributed by atoms with Crippen LogP contribution in [0.5, 0.6) is 0 Å².